The molecule has 0 aromatic carbocycles. The molecule has 0 unspecified atom stereocenters. The maximum absolute atomic E-state index is 12.1. The van der Waals surface area contributed by atoms with Crippen LogP contribution < -0.4 is 0 Å². The summed E-state index contributed by atoms with van der Waals surface area (Å²) in [4.78, 5) is 15.3. The van der Waals surface area contributed by atoms with Crippen LogP contribution in [-0.2, 0) is 22.5 Å². The molecule has 1 aliphatic heterocycles. The van der Waals surface area contributed by atoms with Gasteiger partial charge < -0.3 is 14.2 Å². The SMILES string of the molecule is O=C(CSc1nncn1CCc1cccs1)N1CCOCC1. The van der Waals surface area contributed by atoms with Crippen LogP contribution in [0.1, 0.15) is 4.88 Å². The maximum atomic E-state index is 12.1. The van der Waals surface area contributed by atoms with Crippen molar-refractivity contribution in [3.63, 3.8) is 0 Å². The van der Waals surface area contributed by atoms with Crippen molar-refractivity contribution in [2.75, 3.05) is 32.1 Å². The van der Waals surface area contributed by atoms with Gasteiger partial charge in [-0.15, -0.1) is 21.5 Å². The lowest BCUT2D eigenvalue weighted by molar-refractivity contribution is -0.132. The predicted molar refractivity (Wildman–Crippen MR) is 86.2 cm³/mol. The Morgan fingerprint density at radius 2 is 2.27 bits per heavy atom. The van der Waals surface area contributed by atoms with Gasteiger partial charge in [-0.05, 0) is 17.9 Å². The Labute approximate surface area is 137 Å². The summed E-state index contributed by atoms with van der Waals surface area (Å²) in [6.45, 7) is 3.47. The van der Waals surface area contributed by atoms with Crippen LogP contribution in [0, 0.1) is 0 Å². The zero-order valence-corrected chi connectivity index (χ0v) is 13.8. The molecule has 3 heterocycles. The number of aromatic nitrogens is 3. The van der Waals surface area contributed by atoms with Crippen LogP contribution in [0.5, 0.6) is 0 Å². The monoisotopic (exact) mass is 338 g/mol. The molecule has 8 heteroatoms. The molecule has 0 saturated carbocycles. The number of nitrogens with zero attached hydrogens (tertiary/aromatic N) is 4. The summed E-state index contributed by atoms with van der Waals surface area (Å²) >= 11 is 3.21. The molecule has 2 aromatic heterocycles. The van der Waals surface area contributed by atoms with Gasteiger partial charge in [0, 0.05) is 24.5 Å². The van der Waals surface area contributed by atoms with Crippen molar-refractivity contribution >= 4 is 29.0 Å². The van der Waals surface area contributed by atoms with Crippen molar-refractivity contribution in [3.05, 3.63) is 28.7 Å². The van der Waals surface area contributed by atoms with Crippen molar-refractivity contribution in [2.45, 2.75) is 18.1 Å². The Morgan fingerprint density at radius 3 is 3.05 bits per heavy atom. The van der Waals surface area contributed by atoms with Gasteiger partial charge in [0.15, 0.2) is 5.16 Å². The Balaban J connectivity index is 1.50. The zero-order chi connectivity index (χ0) is 15.2. The standard InChI is InChI=1S/C14H18N4O2S2/c19-13(17-5-7-20-8-6-17)10-22-14-16-15-11-18(14)4-3-12-2-1-9-21-12/h1-2,9,11H,3-8,10H2. The first-order valence-electron chi connectivity index (χ1n) is 7.21. The fraction of sp³-hybridized carbons (Fsp3) is 0.500. The predicted octanol–water partition coefficient (Wildman–Crippen LogP) is 1.53. The third kappa shape index (κ3) is 4.08. The Kier molecular flexibility index (Phi) is 5.47. The fourth-order valence-corrected chi connectivity index (χ4v) is 3.77. The number of thiophene rings is 1. The van der Waals surface area contributed by atoms with Crippen molar-refractivity contribution in [1.29, 1.82) is 0 Å². The minimum absolute atomic E-state index is 0.140. The van der Waals surface area contributed by atoms with Crippen LogP contribution in [-0.4, -0.2) is 57.6 Å². The third-order valence-electron chi connectivity index (χ3n) is 3.45. The lowest BCUT2D eigenvalue weighted by Gasteiger charge is -2.26. The van der Waals surface area contributed by atoms with Crippen molar-refractivity contribution in [2.24, 2.45) is 0 Å². The van der Waals surface area contributed by atoms with E-state index in [1.807, 2.05) is 9.47 Å². The molecule has 6 nitrogen and oxygen atoms in total. The van der Waals surface area contributed by atoms with E-state index in [-0.39, 0.29) is 5.91 Å². The molecule has 0 bridgehead atoms. The van der Waals surface area contributed by atoms with Gasteiger partial charge >= 0.3 is 0 Å². The smallest absolute Gasteiger partial charge is 0.233 e. The number of carbonyl (C=O) groups is 1. The normalized spacial score (nSPS) is 15.2. The summed E-state index contributed by atoms with van der Waals surface area (Å²) in [7, 11) is 0. The summed E-state index contributed by atoms with van der Waals surface area (Å²) in [5, 5.41) is 11.0. The second-order valence-corrected chi connectivity index (χ2v) is 6.89. The first-order valence-corrected chi connectivity index (χ1v) is 9.08. The van der Waals surface area contributed by atoms with Crippen LogP contribution in [0.25, 0.3) is 0 Å². The Bertz CT molecular complexity index is 594. The first kappa shape index (κ1) is 15.5. The van der Waals surface area contributed by atoms with Gasteiger partial charge in [0.25, 0.3) is 0 Å². The molecular weight excluding hydrogens is 320 g/mol. The summed E-state index contributed by atoms with van der Waals surface area (Å²) in [6, 6.07) is 4.19. The summed E-state index contributed by atoms with van der Waals surface area (Å²) in [5.41, 5.74) is 0. The van der Waals surface area contributed by atoms with Crippen LogP contribution in [0.15, 0.2) is 29.0 Å². The number of rotatable bonds is 6. The van der Waals surface area contributed by atoms with E-state index in [0.29, 0.717) is 32.1 Å². The van der Waals surface area contributed by atoms with E-state index in [4.69, 9.17) is 4.74 Å². The quantitative estimate of drug-likeness (QED) is 0.748. The fourth-order valence-electron chi connectivity index (χ4n) is 2.23. The average Bonchev–Trinajstić information content (AvgIpc) is 3.23. The second kappa shape index (κ2) is 7.75. The minimum Gasteiger partial charge on any atom is -0.378 e. The molecule has 1 amide bonds. The number of morpholine rings is 1. The Hall–Kier alpha value is -1.38. The molecule has 1 fully saturated rings. The molecule has 0 radical (unpaired) electrons. The van der Waals surface area contributed by atoms with E-state index in [0.717, 1.165) is 18.1 Å². The lowest BCUT2D eigenvalue weighted by Crippen LogP contribution is -2.41. The molecule has 1 saturated heterocycles. The van der Waals surface area contributed by atoms with Crippen LogP contribution in [0.3, 0.4) is 0 Å². The highest BCUT2D eigenvalue weighted by molar-refractivity contribution is 7.99. The van der Waals surface area contributed by atoms with E-state index in [9.17, 15) is 4.79 Å². The number of aryl methyl sites for hydroxylation is 2. The number of carbonyl (C=O) groups excluding carboxylic acids is 1. The van der Waals surface area contributed by atoms with Crippen molar-refractivity contribution in [1.82, 2.24) is 19.7 Å². The Morgan fingerprint density at radius 1 is 1.41 bits per heavy atom. The molecule has 2 aromatic rings. The molecular formula is C14H18N4O2S2. The average molecular weight is 338 g/mol. The van der Waals surface area contributed by atoms with Crippen LogP contribution in [0.2, 0.25) is 0 Å². The largest absolute Gasteiger partial charge is 0.378 e. The van der Waals surface area contributed by atoms with Gasteiger partial charge in [0.05, 0.1) is 19.0 Å². The lowest BCUT2D eigenvalue weighted by atomic mass is 10.3. The topological polar surface area (TPSA) is 60.2 Å². The molecule has 22 heavy (non-hydrogen) atoms. The van der Waals surface area contributed by atoms with Gasteiger partial charge in [-0.2, -0.15) is 0 Å². The number of ether oxygens (including phenoxy) is 1. The second-order valence-electron chi connectivity index (χ2n) is 4.92. The number of amides is 1. The van der Waals surface area contributed by atoms with Crippen LogP contribution >= 0.6 is 23.1 Å². The summed E-state index contributed by atoms with van der Waals surface area (Å²) < 4.78 is 7.27. The molecule has 0 N–H and O–H groups in total. The highest BCUT2D eigenvalue weighted by Crippen LogP contribution is 2.17. The van der Waals surface area contributed by atoms with E-state index in [2.05, 4.69) is 27.7 Å². The molecule has 0 spiro atoms. The van der Waals surface area contributed by atoms with E-state index >= 15 is 0 Å². The summed E-state index contributed by atoms with van der Waals surface area (Å²) in [5.74, 6) is 0.540. The van der Waals surface area contributed by atoms with E-state index in [1.165, 1.54) is 16.6 Å². The highest BCUT2D eigenvalue weighted by atomic mass is 32.2. The van der Waals surface area contributed by atoms with Crippen LogP contribution in [0.4, 0.5) is 0 Å². The number of hydrogen-bond donors (Lipinski definition) is 0. The molecule has 1 aliphatic rings. The molecule has 0 atom stereocenters. The minimum atomic E-state index is 0.140. The van der Waals surface area contributed by atoms with Gasteiger partial charge in [0.2, 0.25) is 5.91 Å². The van der Waals surface area contributed by atoms with Gasteiger partial charge in [-0.3, -0.25) is 4.79 Å². The summed E-state index contributed by atoms with van der Waals surface area (Å²) in [6.07, 6.45) is 2.69. The molecule has 0 aliphatic carbocycles. The van der Waals surface area contributed by atoms with Crippen molar-refractivity contribution in [3.8, 4) is 0 Å². The third-order valence-corrected chi connectivity index (χ3v) is 5.35. The molecule has 3 rings (SSSR count). The number of hydrogen-bond acceptors (Lipinski definition) is 6. The van der Waals surface area contributed by atoms with Gasteiger partial charge in [-0.25, -0.2) is 0 Å². The highest BCUT2D eigenvalue weighted by Gasteiger charge is 2.18. The molecule has 118 valence electrons. The van der Waals surface area contributed by atoms with Gasteiger partial charge in [-0.1, -0.05) is 17.8 Å². The first-order chi connectivity index (χ1) is 10.8. The zero-order valence-electron chi connectivity index (χ0n) is 12.2. The van der Waals surface area contributed by atoms with Crippen molar-refractivity contribution < 1.29 is 9.53 Å². The van der Waals surface area contributed by atoms with E-state index < -0.39 is 0 Å². The maximum Gasteiger partial charge on any atom is 0.233 e. The van der Waals surface area contributed by atoms with Gasteiger partial charge in [0.1, 0.15) is 6.33 Å². The number of thioether (sulfide) groups is 1. The van der Waals surface area contributed by atoms with E-state index in [1.54, 1.807) is 17.7 Å².